The maximum atomic E-state index is 10.6. The highest BCUT2D eigenvalue weighted by atomic mass is 16.6. The van der Waals surface area contributed by atoms with Crippen molar-refractivity contribution in [2.45, 2.75) is 25.7 Å². The van der Waals surface area contributed by atoms with Crippen molar-refractivity contribution in [3.63, 3.8) is 0 Å². The van der Waals surface area contributed by atoms with Gasteiger partial charge in [0.05, 0.1) is 10.6 Å². The molecule has 0 spiro atoms. The Kier molecular flexibility index (Phi) is 5.63. The molecule has 0 amide bonds. The number of non-ortho nitro benzene ring substituents is 1. The summed E-state index contributed by atoms with van der Waals surface area (Å²) in [5.41, 5.74) is 3.18. The van der Waals surface area contributed by atoms with E-state index in [0.717, 1.165) is 38.8 Å². The molecule has 1 aromatic rings. The average Bonchev–Trinajstić information content (AvgIpc) is 2.85. The van der Waals surface area contributed by atoms with E-state index in [-0.39, 0.29) is 17.2 Å². The number of hydrazone groups is 1. The summed E-state index contributed by atoms with van der Waals surface area (Å²) >= 11 is 0. The van der Waals surface area contributed by atoms with Crippen molar-refractivity contribution in [1.82, 2.24) is 4.90 Å². The van der Waals surface area contributed by atoms with Gasteiger partial charge in [0.1, 0.15) is 6.07 Å². The molecule has 0 bridgehead atoms. The summed E-state index contributed by atoms with van der Waals surface area (Å²) in [4.78, 5) is 12.0. The second kappa shape index (κ2) is 7.89. The molecule has 2 N–H and O–H groups in total. The monoisotopic (exact) mass is 314 g/mol. The first-order chi connectivity index (χ1) is 11.1. The third kappa shape index (κ3) is 4.51. The number of nitrogens with zero attached hydrogens (tertiary/aromatic N) is 4. The van der Waals surface area contributed by atoms with Gasteiger partial charge in [-0.1, -0.05) is 12.8 Å². The van der Waals surface area contributed by atoms with E-state index in [4.69, 9.17) is 5.41 Å². The first-order valence-electron chi connectivity index (χ1n) is 7.44. The van der Waals surface area contributed by atoms with Gasteiger partial charge in [-0.3, -0.25) is 20.9 Å². The molecule has 0 saturated carbocycles. The predicted octanol–water partition coefficient (Wildman–Crippen LogP) is 2.74. The summed E-state index contributed by atoms with van der Waals surface area (Å²) in [6.07, 6.45) is 4.31. The van der Waals surface area contributed by atoms with Gasteiger partial charge in [0.15, 0.2) is 5.84 Å². The molecule has 0 aliphatic carbocycles. The Morgan fingerprint density at radius 1 is 1.26 bits per heavy atom. The van der Waals surface area contributed by atoms with Crippen molar-refractivity contribution in [1.29, 1.82) is 10.7 Å². The van der Waals surface area contributed by atoms with Crippen LogP contribution in [-0.2, 0) is 0 Å². The van der Waals surface area contributed by atoms with Gasteiger partial charge >= 0.3 is 0 Å². The molecule has 0 unspecified atom stereocenters. The topological polar surface area (TPSA) is 118 Å². The number of hydrogen-bond donors (Lipinski definition) is 2. The van der Waals surface area contributed by atoms with E-state index in [1.165, 1.54) is 24.3 Å². The molecule has 1 saturated heterocycles. The molecule has 0 atom stereocenters. The number of likely N-dealkylation sites (tertiary alicyclic amines) is 1. The van der Waals surface area contributed by atoms with Crippen LogP contribution in [0.25, 0.3) is 0 Å². The van der Waals surface area contributed by atoms with Crippen molar-refractivity contribution in [3.8, 4) is 6.07 Å². The Morgan fingerprint density at radius 3 is 2.39 bits per heavy atom. The van der Waals surface area contributed by atoms with E-state index in [1.807, 2.05) is 11.0 Å². The highest BCUT2D eigenvalue weighted by molar-refractivity contribution is 6.46. The lowest BCUT2D eigenvalue weighted by Crippen LogP contribution is -2.36. The highest BCUT2D eigenvalue weighted by Gasteiger charge is 2.17. The van der Waals surface area contributed by atoms with E-state index in [1.54, 1.807) is 0 Å². The van der Waals surface area contributed by atoms with Crippen LogP contribution in [0.4, 0.5) is 11.4 Å². The van der Waals surface area contributed by atoms with Crippen molar-refractivity contribution in [2.75, 3.05) is 18.5 Å². The van der Waals surface area contributed by atoms with Gasteiger partial charge in [0, 0.05) is 25.2 Å². The normalized spacial score (nSPS) is 15.4. The van der Waals surface area contributed by atoms with Gasteiger partial charge in [-0.05, 0) is 25.0 Å². The number of rotatable bonds is 4. The van der Waals surface area contributed by atoms with Crippen molar-refractivity contribution >= 4 is 22.9 Å². The fraction of sp³-hybridized carbons (Fsp3) is 0.400. The smallest absolute Gasteiger partial charge is 0.269 e. The molecule has 1 fully saturated rings. The van der Waals surface area contributed by atoms with Crippen LogP contribution in [0.3, 0.4) is 0 Å². The Hall–Kier alpha value is -2.95. The molecular weight excluding hydrogens is 296 g/mol. The van der Waals surface area contributed by atoms with Crippen LogP contribution in [0.1, 0.15) is 25.7 Å². The first kappa shape index (κ1) is 16.4. The molecule has 2 rings (SSSR count). The Morgan fingerprint density at radius 2 is 1.87 bits per heavy atom. The van der Waals surface area contributed by atoms with Crippen LogP contribution in [0, 0.1) is 26.9 Å². The minimum atomic E-state index is -0.483. The third-order valence-electron chi connectivity index (χ3n) is 3.63. The van der Waals surface area contributed by atoms with E-state index in [0.29, 0.717) is 5.69 Å². The van der Waals surface area contributed by atoms with Gasteiger partial charge in [0.2, 0.25) is 5.71 Å². The van der Waals surface area contributed by atoms with Crippen molar-refractivity contribution < 1.29 is 4.92 Å². The lowest BCUT2D eigenvalue weighted by atomic mass is 10.2. The van der Waals surface area contributed by atoms with E-state index >= 15 is 0 Å². The van der Waals surface area contributed by atoms with Gasteiger partial charge in [-0.2, -0.15) is 10.4 Å². The van der Waals surface area contributed by atoms with Crippen LogP contribution < -0.4 is 5.43 Å². The second-order valence-corrected chi connectivity index (χ2v) is 5.24. The predicted molar refractivity (Wildman–Crippen MR) is 87.5 cm³/mol. The van der Waals surface area contributed by atoms with Crippen molar-refractivity contribution in [2.24, 2.45) is 5.10 Å². The molecule has 0 radical (unpaired) electrons. The van der Waals surface area contributed by atoms with Crippen LogP contribution in [-0.4, -0.2) is 34.5 Å². The number of anilines is 1. The molecule has 23 heavy (non-hydrogen) atoms. The van der Waals surface area contributed by atoms with Crippen molar-refractivity contribution in [3.05, 3.63) is 34.4 Å². The molecule has 8 heteroatoms. The molecule has 8 nitrogen and oxygen atoms in total. The lowest BCUT2D eigenvalue weighted by Gasteiger charge is -2.21. The molecule has 120 valence electrons. The molecule has 1 aliphatic heterocycles. The van der Waals surface area contributed by atoms with Crippen LogP contribution in [0.15, 0.2) is 29.4 Å². The molecule has 1 aromatic carbocycles. The van der Waals surface area contributed by atoms with Gasteiger partial charge in [0.25, 0.3) is 5.69 Å². The number of nitro groups is 1. The quantitative estimate of drug-likeness (QED) is 0.383. The van der Waals surface area contributed by atoms with Gasteiger partial charge in [-0.15, -0.1) is 0 Å². The zero-order valence-corrected chi connectivity index (χ0v) is 12.7. The van der Waals surface area contributed by atoms with Gasteiger partial charge in [-0.25, -0.2) is 0 Å². The zero-order chi connectivity index (χ0) is 16.7. The Bertz CT molecular complexity index is 639. The number of nitrogens with one attached hydrogen (secondary N) is 2. The highest BCUT2D eigenvalue weighted by Crippen LogP contribution is 2.15. The van der Waals surface area contributed by atoms with Gasteiger partial charge < -0.3 is 4.90 Å². The molecule has 1 aliphatic rings. The maximum absolute atomic E-state index is 10.6. The summed E-state index contributed by atoms with van der Waals surface area (Å²) in [6.45, 7) is 1.52. The average molecular weight is 314 g/mol. The summed E-state index contributed by atoms with van der Waals surface area (Å²) in [5, 5.41) is 31.9. The van der Waals surface area contributed by atoms with Crippen LogP contribution >= 0.6 is 0 Å². The number of hydrogen-bond acceptors (Lipinski definition) is 6. The minimum absolute atomic E-state index is 0.00486. The molecular formula is C15H18N6O2. The largest absolute Gasteiger partial charge is 0.355 e. The third-order valence-corrected chi connectivity index (χ3v) is 3.63. The summed E-state index contributed by atoms with van der Waals surface area (Å²) in [6, 6.07) is 7.65. The van der Waals surface area contributed by atoms with Crippen LogP contribution in [0.5, 0.6) is 0 Å². The fourth-order valence-corrected chi connectivity index (χ4v) is 2.35. The fourth-order valence-electron chi connectivity index (χ4n) is 2.35. The minimum Gasteiger partial charge on any atom is -0.355 e. The van der Waals surface area contributed by atoms with E-state index in [9.17, 15) is 15.4 Å². The zero-order valence-electron chi connectivity index (χ0n) is 12.7. The summed E-state index contributed by atoms with van der Waals surface area (Å²) < 4.78 is 0. The Balaban J connectivity index is 2.04. The number of nitro benzene ring substituents is 1. The summed E-state index contributed by atoms with van der Waals surface area (Å²) in [5.74, 6) is 0.115. The molecule has 0 aromatic heterocycles. The first-order valence-corrected chi connectivity index (χ1v) is 7.44. The Labute approximate surface area is 134 Å². The standard InChI is InChI=1S/C15H18N6O2/c16-11-14(15(17)20-9-3-1-2-4-10-20)19-18-12-5-7-13(8-6-12)21(22)23/h5-8,17-18H,1-4,9-10H2/b17-15?,19-14-. The second-order valence-electron chi connectivity index (χ2n) is 5.24. The van der Waals surface area contributed by atoms with E-state index < -0.39 is 4.92 Å². The summed E-state index contributed by atoms with van der Waals surface area (Å²) in [7, 11) is 0. The lowest BCUT2D eigenvalue weighted by molar-refractivity contribution is -0.384. The van der Waals surface area contributed by atoms with E-state index in [2.05, 4.69) is 10.5 Å². The number of nitriles is 1. The number of amidine groups is 1. The maximum Gasteiger partial charge on any atom is 0.269 e. The van der Waals surface area contributed by atoms with Crippen LogP contribution in [0.2, 0.25) is 0 Å². The molecule has 1 heterocycles. The number of benzene rings is 1. The SMILES string of the molecule is N#C/C(=N/Nc1ccc([N+](=O)[O-])cc1)C(=N)N1CCCCCC1.